The molecule has 2 heterocycles. The van der Waals surface area contributed by atoms with Gasteiger partial charge in [0.05, 0.1) is 12.1 Å². The van der Waals surface area contributed by atoms with Crippen LogP contribution < -0.4 is 5.32 Å². The van der Waals surface area contributed by atoms with Crippen molar-refractivity contribution in [3.05, 3.63) is 53.3 Å². The SMILES string of the molecule is Brc1ccc2ncnc(NCc3ncccn3)c2c1. The van der Waals surface area contributed by atoms with Gasteiger partial charge in [-0.05, 0) is 24.3 Å². The van der Waals surface area contributed by atoms with Crippen molar-refractivity contribution in [2.45, 2.75) is 6.54 Å². The average Bonchev–Trinajstić information content (AvgIpc) is 2.46. The lowest BCUT2D eigenvalue weighted by molar-refractivity contribution is 0.941. The highest BCUT2D eigenvalue weighted by Gasteiger charge is 2.04. The number of benzene rings is 1. The molecule has 1 aromatic carbocycles. The third kappa shape index (κ3) is 2.68. The van der Waals surface area contributed by atoms with E-state index >= 15 is 0 Å². The van der Waals surface area contributed by atoms with Crippen LogP contribution in [-0.4, -0.2) is 19.9 Å². The molecule has 6 heteroatoms. The van der Waals surface area contributed by atoms with E-state index in [0.717, 1.165) is 27.0 Å². The van der Waals surface area contributed by atoms with Gasteiger partial charge in [-0.25, -0.2) is 19.9 Å². The number of aromatic nitrogens is 4. The van der Waals surface area contributed by atoms with E-state index in [1.807, 2.05) is 18.2 Å². The van der Waals surface area contributed by atoms with Gasteiger partial charge >= 0.3 is 0 Å². The number of fused-ring (bicyclic) bond motifs is 1. The fourth-order valence-electron chi connectivity index (χ4n) is 1.75. The summed E-state index contributed by atoms with van der Waals surface area (Å²) < 4.78 is 0.994. The normalized spacial score (nSPS) is 10.6. The van der Waals surface area contributed by atoms with Crippen LogP contribution in [0.3, 0.4) is 0 Å². The first-order chi connectivity index (χ1) is 9.33. The van der Waals surface area contributed by atoms with Crippen LogP contribution in [0.25, 0.3) is 10.9 Å². The zero-order valence-corrected chi connectivity index (χ0v) is 11.5. The number of hydrogen-bond acceptors (Lipinski definition) is 5. The molecule has 2 aromatic heterocycles. The Morgan fingerprint density at radius 1 is 1.05 bits per heavy atom. The topological polar surface area (TPSA) is 63.6 Å². The summed E-state index contributed by atoms with van der Waals surface area (Å²) in [7, 11) is 0. The van der Waals surface area contributed by atoms with Gasteiger partial charge in [0.25, 0.3) is 0 Å². The summed E-state index contributed by atoms with van der Waals surface area (Å²) in [5, 5.41) is 4.20. The number of nitrogens with one attached hydrogen (secondary N) is 1. The molecular formula is C13H10BrN5. The average molecular weight is 316 g/mol. The molecule has 3 aromatic rings. The highest BCUT2D eigenvalue weighted by atomic mass is 79.9. The third-order valence-electron chi connectivity index (χ3n) is 2.63. The van der Waals surface area contributed by atoms with E-state index in [2.05, 4.69) is 41.2 Å². The zero-order chi connectivity index (χ0) is 13.1. The quantitative estimate of drug-likeness (QED) is 0.805. The van der Waals surface area contributed by atoms with Gasteiger partial charge in [0.1, 0.15) is 18.0 Å². The Bertz CT molecular complexity index is 702. The summed E-state index contributed by atoms with van der Waals surface area (Å²) >= 11 is 3.45. The van der Waals surface area contributed by atoms with Crippen molar-refractivity contribution in [2.75, 3.05) is 5.32 Å². The Morgan fingerprint density at radius 2 is 1.89 bits per heavy atom. The largest absolute Gasteiger partial charge is 0.362 e. The molecule has 1 N–H and O–H groups in total. The molecule has 0 aliphatic heterocycles. The van der Waals surface area contributed by atoms with E-state index < -0.39 is 0 Å². The van der Waals surface area contributed by atoms with Gasteiger partial charge in [-0.3, -0.25) is 0 Å². The summed E-state index contributed by atoms with van der Waals surface area (Å²) in [6.45, 7) is 0.527. The van der Waals surface area contributed by atoms with Crippen molar-refractivity contribution in [3.8, 4) is 0 Å². The Morgan fingerprint density at radius 3 is 2.74 bits per heavy atom. The molecule has 19 heavy (non-hydrogen) atoms. The van der Waals surface area contributed by atoms with E-state index in [1.165, 1.54) is 0 Å². The predicted octanol–water partition coefficient (Wildman–Crippen LogP) is 2.79. The van der Waals surface area contributed by atoms with Gasteiger partial charge in [-0.1, -0.05) is 15.9 Å². The van der Waals surface area contributed by atoms with Gasteiger partial charge in [0.15, 0.2) is 0 Å². The monoisotopic (exact) mass is 315 g/mol. The lowest BCUT2D eigenvalue weighted by atomic mass is 10.2. The van der Waals surface area contributed by atoms with E-state index in [0.29, 0.717) is 6.54 Å². The molecule has 0 saturated carbocycles. The molecule has 0 fully saturated rings. The van der Waals surface area contributed by atoms with E-state index in [-0.39, 0.29) is 0 Å². The first-order valence-corrected chi connectivity index (χ1v) is 6.52. The maximum atomic E-state index is 4.26. The molecule has 0 aliphatic rings. The first-order valence-electron chi connectivity index (χ1n) is 5.73. The highest BCUT2D eigenvalue weighted by Crippen LogP contribution is 2.23. The van der Waals surface area contributed by atoms with Gasteiger partial charge in [-0.15, -0.1) is 0 Å². The van der Waals surface area contributed by atoms with E-state index in [1.54, 1.807) is 24.8 Å². The van der Waals surface area contributed by atoms with Gasteiger partial charge in [0.2, 0.25) is 0 Å². The van der Waals surface area contributed by atoms with E-state index in [4.69, 9.17) is 0 Å². The standard InChI is InChI=1S/C13H10BrN5/c14-9-2-3-11-10(6-9)13(19-8-18-11)17-7-12-15-4-1-5-16-12/h1-6,8H,7H2,(H,17,18,19). The zero-order valence-electron chi connectivity index (χ0n) is 9.92. The molecule has 0 amide bonds. The number of nitrogens with zero attached hydrogens (tertiary/aromatic N) is 4. The summed E-state index contributed by atoms with van der Waals surface area (Å²) in [6.07, 6.45) is 4.99. The number of anilines is 1. The van der Waals surface area contributed by atoms with E-state index in [9.17, 15) is 0 Å². The first kappa shape index (κ1) is 12.0. The van der Waals surface area contributed by atoms with Crippen LogP contribution in [0.4, 0.5) is 5.82 Å². The molecule has 0 saturated heterocycles. The van der Waals surface area contributed by atoms with Gasteiger partial charge < -0.3 is 5.32 Å². The van der Waals surface area contributed by atoms with Crippen molar-refractivity contribution in [2.24, 2.45) is 0 Å². The van der Waals surface area contributed by atoms with Crippen molar-refractivity contribution in [1.82, 2.24) is 19.9 Å². The minimum atomic E-state index is 0.527. The van der Waals surface area contributed by atoms with Gasteiger partial charge in [0, 0.05) is 22.3 Å². The van der Waals surface area contributed by atoms with Crippen LogP contribution in [0.2, 0.25) is 0 Å². The molecule has 0 atom stereocenters. The minimum Gasteiger partial charge on any atom is -0.362 e. The summed E-state index contributed by atoms with van der Waals surface area (Å²) in [6, 6.07) is 7.69. The smallest absolute Gasteiger partial charge is 0.147 e. The second-order valence-corrected chi connectivity index (χ2v) is 4.82. The van der Waals surface area contributed by atoms with Crippen molar-refractivity contribution < 1.29 is 0 Å². The van der Waals surface area contributed by atoms with Crippen LogP contribution in [0.5, 0.6) is 0 Å². The Hall–Kier alpha value is -2.08. The lowest BCUT2D eigenvalue weighted by Gasteiger charge is -2.07. The minimum absolute atomic E-state index is 0.527. The number of rotatable bonds is 3. The molecule has 0 aliphatic carbocycles. The Kier molecular flexibility index (Phi) is 3.33. The van der Waals surface area contributed by atoms with Crippen LogP contribution in [-0.2, 0) is 6.54 Å². The molecule has 0 unspecified atom stereocenters. The van der Waals surface area contributed by atoms with Gasteiger partial charge in [-0.2, -0.15) is 0 Å². The predicted molar refractivity (Wildman–Crippen MR) is 76.6 cm³/mol. The van der Waals surface area contributed by atoms with Crippen LogP contribution in [0.15, 0.2) is 47.5 Å². The van der Waals surface area contributed by atoms with Crippen molar-refractivity contribution in [1.29, 1.82) is 0 Å². The van der Waals surface area contributed by atoms with Crippen molar-refractivity contribution >= 4 is 32.7 Å². The summed E-state index contributed by atoms with van der Waals surface area (Å²) in [5.74, 6) is 1.50. The molecule has 94 valence electrons. The lowest BCUT2D eigenvalue weighted by Crippen LogP contribution is -2.05. The van der Waals surface area contributed by atoms with Crippen LogP contribution in [0.1, 0.15) is 5.82 Å². The second kappa shape index (κ2) is 5.27. The highest BCUT2D eigenvalue weighted by molar-refractivity contribution is 9.10. The molecule has 0 spiro atoms. The Balaban J connectivity index is 1.90. The molecule has 5 nitrogen and oxygen atoms in total. The molecular weight excluding hydrogens is 306 g/mol. The third-order valence-corrected chi connectivity index (χ3v) is 3.12. The summed E-state index contributed by atoms with van der Waals surface area (Å²) in [4.78, 5) is 16.8. The molecule has 0 radical (unpaired) electrons. The number of hydrogen-bond donors (Lipinski definition) is 1. The molecule has 0 bridgehead atoms. The fourth-order valence-corrected chi connectivity index (χ4v) is 2.11. The maximum Gasteiger partial charge on any atom is 0.147 e. The fraction of sp³-hybridized carbons (Fsp3) is 0.0769. The number of halogens is 1. The summed E-state index contributed by atoms with van der Waals surface area (Å²) in [5.41, 5.74) is 0.898. The Labute approximate surface area is 118 Å². The van der Waals surface area contributed by atoms with Crippen LogP contribution in [0, 0.1) is 0 Å². The second-order valence-electron chi connectivity index (χ2n) is 3.90. The van der Waals surface area contributed by atoms with Crippen LogP contribution >= 0.6 is 15.9 Å². The molecule has 3 rings (SSSR count). The van der Waals surface area contributed by atoms with Crippen molar-refractivity contribution in [3.63, 3.8) is 0 Å². The maximum absolute atomic E-state index is 4.26.